The predicted molar refractivity (Wildman–Crippen MR) is 271 cm³/mol. The lowest BCUT2D eigenvalue weighted by Crippen LogP contribution is -2.45. The molecule has 1 amide bonds. The van der Waals surface area contributed by atoms with Gasteiger partial charge >= 0.3 is 0 Å². The van der Waals surface area contributed by atoms with Crippen molar-refractivity contribution in [3.63, 3.8) is 0 Å². The van der Waals surface area contributed by atoms with Crippen LogP contribution in [0.15, 0.2) is 60.8 Å². The summed E-state index contributed by atoms with van der Waals surface area (Å²) >= 11 is 0. The van der Waals surface area contributed by atoms with Crippen molar-refractivity contribution >= 4 is 5.91 Å². The number of rotatable bonds is 49. The topological polar surface area (TPSA) is 69.6 Å². The van der Waals surface area contributed by atoms with Crippen LogP contribution in [0.25, 0.3) is 0 Å². The largest absolute Gasteiger partial charge is 0.394 e. The molecule has 4 heteroatoms. The monoisotopic (exact) mass is 852 g/mol. The zero-order chi connectivity index (χ0) is 44.2. The van der Waals surface area contributed by atoms with E-state index in [2.05, 4.69) is 67.8 Å². The van der Waals surface area contributed by atoms with Gasteiger partial charge in [0.2, 0.25) is 5.91 Å². The Hall–Kier alpha value is -1.91. The molecule has 0 aliphatic carbocycles. The van der Waals surface area contributed by atoms with Crippen LogP contribution in [0.3, 0.4) is 0 Å². The highest BCUT2D eigenvalue weighted by Gasteiger charge is 2.17. The Bertz CT molecular complexity index is 1010. The summed E-state index contributed by atoms with van der Waals surface area (Å²) < 4.78 is 0. The summed E-state index contributed by atoms with van der Waals surface area (Å²) in [6.45, 7) is 4.29. The van der Waals surface area contributed by atoms with Gasteiger partial charge in [0, 0.05) is 6.42 Å². The standard InChI is InChI=1S/C57H105NO3/c1-3-5-7-9-11-13-15-17-19-21-22-23-24-25-26-27-28-29-30-31-32-33-34-35-36-37-39-41-43-45-47-49-51-53-57(61)58-55(54-59)56(60)52-50-48-46-44-42-40-38-20-18-16-14-12-10-8-6-4-2/h15,17,21-22,24-25,42,44,50,52,55-56,59-60H,3-14,16,18-20,23,26-41,43,45-49,51,53-54H2,1-2H3,(H,58,61)/b17-15-,22-21-,25-24-,44-42+,52-50+. The van der Waals surface area contributed by atoms with Crippen molar-refractivity contribution in [3.8, 4) is 0 Å². The number of carbonyl (C=O) groups excluding carboxylic acids is 1. The van der Waals surface area contributed by atoms with Crippen molar-refractivity contribution in [2.45, 2.75) is 289 Å². The average molecular weight is 852 g/mol. The van der Waals surface area contributed by atoms with Crippen LogP contribution in [-0.2, 0) is 4.79 Å². The molecule has 0 aliphatic rings. The molecule has 0 aliphatic heterocycles. The van der Waals surface area contributed by atoms with Crippen LogP contribution in [-0.4, -0.2) is 34.9 Å². The van der Waals surface area contributed by atoms with Crippen molar-refractivity contribution < 1.29 is 15.0 Å². The van der Waals surface area contributed by atoms with Gasteiger partial charge in [-0.25, -0.2) is 0 Å². The van der Waals surface area contributed by atoms with Crippen LogP contribution in [0, 0.1) is 0 Å². The van der Waals surface area contributed by atoms with Gasteiger partial charge in [0.15, 0.2) is 0 Å². The normalized spacial score (nSPS) is 13.3. The summed E-state index contributed by atoms with van der Waals surface area (Å²) in [4.78, 5) is 12.4. The Labute approximate surface area is 381 Å². The van der Waals surface area contributed by atoms with Gasteiger partial charge in [0.05, 0.1) is 18.8 Å². The zero-order valence-corrected chi connectivity index (χ0v) is 40.9. The van der Waals surface area contributed by atoms with Gasteiger partial charge in [0.25, 0.3) is 0 Å². The molecule has 356 valence electrons. The number of nitrogens with one attached hydrogen (secondary N) is 1. The average Bonchev–Trinajstić information content (AvgIpc) is 3.26. The number of aliphatic hydroxyl groups is 2. The van der Waals surface area contributed by atoms with Crippen molar-refractivity contribution in [1.29, 1.82) is 0 Å². The Morgan fingerprint density at radius 2 is 0.689 bits per heavy atom. The van der Waals surface area contributed by atoms with E-state index in [0.29, 0.717) is 6.42 Å². The molecular formula is C57H105NO3. The van der Waals surface area contributed by atoms with Crippen molar-refractivity contribution in [3.05, 3.63) is 60.8 Å². The first-order valence-electron chi connectivity index (χ1n) is 27.0. The molecule has 61 heavy (non-hydrogen) atoms. The molecule has 0 saturated carbocycles. The Morgan fingerprint density at radius 3 is 1.07 bits per heavy atom. The first-order chi connectivity index (χ1) is 30.2. The molecule has 4 nitrogen and oxygen atoms in total. The Morgan fingerprint density at radius 1 is 0.393 bits per heavy atom. The third-order valence-electron chi connectivity index (χ3n) is 12.2. The lowest BCUT2D eigenvalue weighted by atomic mass is 10.0. The smallest absolute Gasteiger partial charge is 0.220 e. The third-order valence-corrected chi connectivity index (χ3v) is 12.2. The van der Waals surface area contributed by atoms with Crippen LogP contribution in [0.1, 0.15) is 277 Å². The van der Waals surface area contributed by atoms with E-state index >= 15 is 0 Å². The number of aliphatic hydroxyl groups excluding tert-OH is 2. The van der Waals surface area contributed by atoms with Gasteiger partial charge in [-0.2, -0.15) is 0 Å². The maximum absolute atomic E-state index is 12.4. The summed E-state index contributed by atoms with van der Waals surface area (Å²) in [5, 5.41) is 23.1. The summed E-state index contributed by atoms with van der Waals surface area (Å²) in [5.41, 5.74) is 0. The van der Waals surface area contributed by atoms with Gasteiger partial charge in [-0.1, -0.05) is 261 Å². The fourth-order valence-electron chi connectivity index (χ4n) is 8.09. The quantitative estimate of drug-likeness (QED) is 0.0422. The maximum atomic E-state index is 12.4. The van der Waals surface area contributed by atoms with E-state index < -0.39 is 12.1 Å². The summed E-state index contributed by atoms with van der Waals surface area (Å²) in [7, 11) is 0. The second-order valence-corrected chi connectivity index (χ2v) is 18.3. The molecule has 0 radical (unpaired) electrons. The number of allylic oxidation sites excluding steroid dienone is 9. The fourth-order valence-corrected chi connectivity index (χ4v) is 8.09. The van der Waals surface area contributed by atoms with E-state index in [-0.39, 0.29) is 12.5 Å². The van der Waals surface area contributed by atoms with E-state index in [1.807, 2.05) is 6.08 Å². The summed E-state index contributed by atoms with van der Waals surface area (Å²) in [6, 6.07) is -0.639. The molecule has 0 bridgehead atoms. The molecular weight excluding hydrogens is 747 g/mol. The zero-order valence-electron chi connectivity index (χ0n) is 40.9. The molecule has 0 rings (SSSR count). The molecule has 0 fully saturated rings. The second-order valence-electron chi connectivity index (χ2n) is 18.3. The maximum Gasteiger partial charge on any atom is 0.220 e. The molecule has 0 aromatic heterocycles. The molecule has 2 atom stereocenters. The van der Waals surface area contributed by atoms with Gasteiger partial charge in [-0.15, -0.1) is 0 Å². The Balaban J connectivity index is 3.49. The second kappa shape index (κ2) is 52.4. The van der Waals surface area contributed by atoms with Crippen LogP contribution < -0.4 is 5.32 Å². The minimum Gasteiger partial charge on any atom is -0.394 e. The summed E-state index contributed by atoms with van der Waals surface area (Å²) in [5.74, 6) is -0.0722. The van der Waals surface area contributed by atoms with Crippen LogP contribution >= 0.6 is 0 Å². The molecule has 3 N–H and O–H groups in total. The van der Waals surface area contributed by atoms with Crippen LogP contribution in [0.4, 0.5) is 0 Å². The first kappa shape index (κ1) is 59.1. The highest BCUT2D eigenvalue weighted by Crippen LogP contribution is 2.16. The van der Waals surface area contributed by atoms with Crippen molar-refractivity contribution in [1.82, 2.24) is 5.32 Å². The van der Waals surface area contributed by atoms with E-state index in [1.54, 1.807) is 6.08 Å². The van der Waals surface area contributed by atoms with E-state index in [0.717, 1.165) is 44.9 Å². The predicted octanol–water partition coefficient (Wildman–Crippen LogP) is 17.6. The van der Waals surface area contributed by atoms with Crippen molar-refractivity contribution in [2.75, 3.05) is 6.61 Å². The van der Waals surface area contributed by atoms with Gasteiger partial charge in [-0.05, 0) is 70.6 Å². The minimum atomic E-state index is -0.862. The SMILES string of the molecule is CCCCCCC/C=C\C/C=C\C/C=C\CCCCCCCCCCCCCCCCCCCCC(=O)NC(CO)C(O)/C=C/CC/C=C/CCCCCCCCCCCC. The number of unbranched alkanes of at least 4 members (excludes halogenated alkanes) is 34. The Kier molecular flexibility index (Phi) is 50.8. The summed E-state index contributed by atoms with van der Waals surface area (Å²) in [6.07, 6.45) is 73.7. The number of hydrogen-bond donors (Lipinski definition) is 3. The van der Waals surface area contributed by atoms with Crippen molar-refractivity contribution in [2.24, 2.45) is 0 Å². The molecule has 0 saturated heterocycles. The third kappa shape index (κ3) is 49.0. The first-order valence-corrected chi connectivity index (χ1v) is 27.0. The van der Waals surface area contributed by atoms with Crippen LogP contribution in [0.2, 0.25) is 0 Å². The fraction of sp³-hybridized carbons (Fsp3) is 0.807. The molecule has 2 unspecified atom stereocenters. The van der Waals surface area contributed by atoms with E-state index in [9.17, 15) is 15.0 Å². The van der Waals surface area contributed by atoms with E-state index in [1.165, 1.54) is 212 Å². The highest BCUT2D eigenvalue weighted by atomic mass is 16.3. The number of hydrogen-bond acceptors (Lipinski definition) is 3. The number of carbonyl (C=O) groups is 1. The molecule has 0 aromatic carbocycles. The highest BCUT2D eigenvalue weighted by molar-refractivity contribution is 5.76. The van der Waals surface area contributed by atoms with Gasteiger partial charge in [-0.3, -0.25) is 4.79 Å². The lowest BCUT2D eigenvalue weighted by Gasteiger charge is -2.19. The lowest BCUT2D eigenvalue weighted by molar-refractivity contribution is -0.123. The number of amides is 1. The van der Waals surface area contributed by atoms with Gasteiger partial charge < -0.3 is 15.5 Å². The van der Waals surface area contributed by atoms with E-state index in [4.69, 9.17) is 0 Å². The minimum absolute atomic E-state index is 0.0722. The molecule has 0 spiro atoms. The van der Waals surface area contributed by atoms with Crippen LogP contribution in [0.5, 0.6) is 0 Å². The molecule has 0 heterocycles. The van der Waals surface area contributed by atoms with Gasteiger partial charge in [0.1, 0.15) is 0 Å². The molecule has 0 aromatic rings.